The van der Waals surface area contributed by atoms with Gasteiger partial charge in [0.15, 0.2) is 0 Å². The van der Waals surface area contributed by atoms with Gasteiger partial charge < -0.3 is 0 Å². The van der Waals surface area contributed by atoms with Crippen LogP contribution in [0.4, 0.5) is 13.2 Å². The molecule has 1 aromatic rings. The molecular formula is C12H12F3N. The van der Waals surface area contributed by atoms with Crippen LogP contribution in [0, 0.1) is 17.2 Å². The van der Waals surface area contributed by atoms with Gasteiger partial charge in [-0.15, -0.1) is 0 Å². The van der Waals surface area contributed by atoms with E-state index >= 15 is 0 Å². The van der Waals surface area contributed by atoms with Gasteiger partial charge in [-0.2, -0.15) is 18.4 Å². The standard InChI is InChI=1S/C12H12F3N/c1-8(2)5-9-3-4-10(7-16)11(6-9)12(13,14)15/h3-4,6,8H,5H2,1-2H3. The Hall–Kier alpha value is -1.50. The van der Waals surface area contributed by atoms with Gasteiger partial charge in [0.1, 0.15) is 0 Å². The third-order valence-electron chi connectivity index (χ3n) is 2.15. The summed E-state index contributed by atoms with van der Waals surface area (Å²) in [6.45, 7) is 3.87. The van der Waals surface area contributed by atoms with Crippen LogP contribution in [0.3, 0.4) is 0 Å². The second-order valence-corrected chi connectivity index (χ2v) is 4.09. The molecule has 1 rings (SSSR count). The number of benzene rings is 1. The van der Waals surface area contributed by atoms with Crippen LogP contribution in [0.1, 0.15) is 30.5 Å². The number of nitriles is 1. The van der Waals surface area contributed by atoms with Gasteiger partial charge >= 0.3 is 6.18 Å². The van der Waals surface area contributed by atoms with Crippen LogP contribution in [0.25, 0.3) is 0 Å². The molecule has 0 atom stereocenters. The molecule has 0 aliphatic rings. The monoisotopic (exact) mass is 227 g/mol. The van der Waals surface area contributed by atoms with Gasteiger partial charge in [0.05, 0.1) is 17.2 Å². The Morgan fingerprint density at radius 3 is 2.38 bits per heavy atom. The van der Waals surface area contributed by atoms with Gasteiger partial charge in [0.25, 0.3) is 0 Å². The zero-order valence-electron chi connectivity index (χ0n) is 9.10. The van der Waals surface area contributed by atoms with Gasteiger partial charge in [-0.05, 0) is 30.0 Å². The largest absolute Gasteiger partial charge is 0.417 e. The number of alkyl halides is 3. The van der Waals surface area contributed by atoms with Crippen molar-refractivity contribution in [2.75, 3.05) is 0 Å². The average Bonchev–Trinajstić information content (AvgIpc) is 2.15. The molecule has 0 spiro atoms. The van der Waals surface area contributed by atoms with E-state index in [1.807, 2.05) is 13.8 Å². The van der Waals surface area contributed by atoms with Crippen LogP contribution in [0.5, 0.6) is 0 Å². The molecular weight excluding hydrogens is 215 g/mol. The molecule has 0 aliphatic carbocycles. The first-order valence-electron chi connectivity index (χ1n) is 4.95. The molecule has 0 amide bonds. The van der Waals surface area contributed by atoms with Crippen molar-refractivity contribution in [3.8, 4) is 6.07 Å². The Bertz CT molecular complexity index is 413. The zero-order valence-corrected chi connectivity index (χ0v) is 9.10. The van der Waals surface area contributed by atoms with Crippen molar-refractivity contribution in [2.45, 2.75) is 26.4 Å². The maximum Gasteiger partial charge on any atom is 0.417 e. The van der Waals surface area contributed by atoms with Crippen LogP contribution < -0.4 is 0 Å². The topological polar surface area (TPSA) is 23.8 Å². The molecule has 0 aliphatic heterocycles. The lowest BCUT2D eigenvalue weighted by Crippen LogP contribution is -2.09. The van der Waals surface area contributed by atoms with Gasteiger partial charge in [-0.1, -0.05) is 19.9 Å². The lowest BCUT2D eigenvalue weighted by atomic mass is 9.98. The Morgan fingerprint density at radius 2 is 1.94 bits per heavy atom. The first kappa shape index (κ1) is 12.6. The molecule has 86 valence electrons. The maximum atomic E-state index is 12.6. The summed E-state index contributed by atoms with van der Waals surface area (Å²) < 4.78 is 37.8. The molecule has 0 radical (unpaired) electrons. The van der Waals surface area contributed by atoms with Crippen LogP contribution in [-0.2, 0) is 12.6 Å². The van der Waals surface area contributed by atoms with Crippen molar-refractivity contribution in [2.24, 2.45) is 5.92 Å². The Balaban J connectivity index is 3.18. The summed E-state index contributed by atoms with van der Waals surface area (Å²) >= 11 is 0. The Morgan fingerprint density at radius 1 is 1.31 bits per heavy atom. The van der Waals surface area contributed by atoms with E-state index in [1.54, 1.807) is 12.1 Å². The third-order valence-corrected chi connectivity index (χ3v) is 2.15. The fraction of sp³-hybridized carbons (Fsp3) is 0.417. The summed E-state index contributed by atoms with van der Waals surface area (Å²) in [5.41, 5.74) is -0.547. The minimum absolute atomic E-state index is 0.286. The van der Waals surface area contributed by atoms with Crippen molar-refractivity contribution >= 4 is 0 Å². The highest BCUT2D eigenvalue weighted by atomic mass is 19.4. The normalized spacial score (nSPS) is 11.6. The van der Waals surface area contributed by atoms with Crippen LogP contribution >= 0.6 is 0 Å². The SMILES string of the molecule is CC(C)Cc1ccc(C#N)c(C(F)(F)F)c1. The summed E-state index contributed by atoms with van der Waals surface area (Å²) in [5, 5.41) is 8.60. The molecule has 0 heterocycles. The first-order valence-corrected chi connectivity index (χ1v) is 4.95. The number of rotatable bonds is 2. The summed E-state index contributed by atoms with van der Waals surface area (Å²) in [5.74, 6) is 0.286. The predicted molar refractivity (Wildman–Crippen MR) is 54.7 cm³/mol. The summed E-state index contributed by atoms with van der Waals surface area (Å²) in [7, 11) is 0. The molecule has 1 nitrogen and oxygen atoms in total. The highest BCUT2D eigenvalue weighted by Crippen LogP contribution is 2.32. The lowest BCUT2D eigenvalue weighted by Gasteiger charge is -2.11. The van der Waals surface area contributed by atoms with Gasteiger partial charge in [0, 0.05) is 0 Å². The van der Waals surface area contributed by atoms with Crippen LogP contribution in [0.15, 0.2) is 18.2 Å². The second-order valence-electron chi connectivity index (χ2n) is 4.09. The molecule has 0 saturated carbocycles. The predicted octanol–water partition coefficient (Wildman–Crippen LogP) is 3.78. The molecule has 0 N–H and O–H groups in total. The summed E-state index contributed by atoms with van der Waals surface area (Å²) in [6, 6.07) is 5.44. The van der Waals surface area contributed by atoms with Gasteiger partial charge in [-0.3, -0.25) is 0 Å². The van der Waals surface area contributed by atoms with E-state index in [2.05, 4.69) is 0 Å². The van der Waals surface area contributed by atoms with E-state index in [1.165, 1.54) is 6.07 Å². The molecule has 16 heavy (non-hydrogen) atoms. The lowest BCUT2D eigenvalue weighted by molar-refractivity contribution is -0.137. The maximum absolute atomic E-state index is 12.6. The molecule has 1 aromatic carbocycles. The van der Waals surface area contributed by atoms with E-state index in [0.717, 1.165) is 6.07 Å². The second kappa shape index (κ2) is 4.56. The summed E-state index contributed by atoms with van der Waals surface area (Å²) in [4.78, 5) is 0. The first-order chi connectivity index (χ1) is 7.34. The number of halogens is 3. The Labute approximate surface area is 92.5 Å². The fourth-order valence-electron chi connectivity index (χ4n) is 1.52. The molecule has 0 bridgehead atoms. The van der Waals surface area contributed by atoms with Crippen molar-refractivity contribution in [3.05, 3.63) is 34.9 Å². The Kier molecular flexibility index (Phi) is 3.58. The molecule has 0 fully saturated rings. The van der Waals surface area contributed by atoms with E-state index in [0.29, 0.717) is 12.0 Å². The number of hydrogen-bond donors (Lipinski definition) is 0. The average molecular weight is 227 g/mol. The molecule has 0 unspecified atom stereocenters. The van der Waals surface area contributed by atoms with Crippen molar-refractivity contribution < 1.29 is 13.2 Å². The van der Waals surface area contributed by atoms with Crippen LogP contribution in [-0.4, -0.2) is 0 Å². The minimum Gasteiger partial charge on any atom is -0.192 e. The van der Waals surface area contributed by atoms with E-state index in [9.17, 15) is 13.2 Å². The van der Waals surface area contributed by atoms with Crippen molar-refractivity contribution in [1.29, 1.82) is 5.26 Å². The van der Waals surface area contributed by atoms with E-state index < -0.39 is 11.7 Å². The molecule has 4 heteroatoms. The smallest absolute Gasteiger partial charge is 0.192 e. The molecule has 0 saturated heterocycles. The van der Waals surface area contributed by atoms with Crippen molar-refractivity contribution in [3.63, 3.8) is 0 Å². The van der Waals surface area contributed by atoms with E-state index in [-0.39, 0.29) is 11.5 Å². The highest BCUT2D eigenvalue weighted by molar-refractivity contribution is 5.42. The third kappa shape index (κ3) is 2.99. The quantitative estimate of drug-likeness (QED) is 0.754. The van der Waals surface area contributed by atoms with E-state index in [4.69, 9.17) is 5.26 Å². The minimum atomic E-state index is -4.46. The highest BCUT2D eigenvalue weighted by Gasteiger charge is 2.33. The molecule has 0 aromatic heterocycles. The van der Waals surface area contributed by atoms with Crippen LogP contribution in [0.2, 0.25) is 0 Å². The van der Waals surface area contributed by atoms with Gasteiger partial charge in [0.2, 0.25) is 0 Å². The number of nitrogens with zero attached hydrogens (tertiary/aromatic N) is 1. The van der Waals surface area contributed by atoms with Crippen molar-refractivity contribution in [1.82, 2.24) is 0 Å². The zero-order chi connectivity index (χ0) is 12.3. The van der Waals surface area contributed by atoms with Gasteiger partial charge in [-0.25, -0.2) is 0 Å². The number of hydrogen-bond acceptors (Lipinski definition) is 1. The summed E-state index contributed by atoms with van der Waals surface area (Å²) in [6.07, 6.45) is -3.88. The fourth-order valence-corrected chi connectivity index (χ4v) is 1.52.